The predicted octanol–water partition coefficient (Wildman–Crippen LogP) is 3.23. The second-order valence-corrected chi connectivity index (χ2v) is 7.31. The third-order valence-corrected chi connectivity index (χ3v) is 4.55. The highest BCUT2D eigenvalue weighted by Gasteiger charge is 2.11. The predicted molar refractivity (Wildman–Crippen MR) is 110 cm³/mol. The van der Waals surface area contributed by atoms with Gasteiger partial charge in [-0.25, -0.2) is 0 Å². The molecule has 0 radical (unpaired) electrons. The molecule has 0 bridgehead atoms. The zero-order valence-electron chi connectivity index (χ0n) is 13.6. The number of thiocarbonyl (C=S) groups is 1. The number of halogens is 2. The number of ether oxygens (including phenoxy) is 1. The van der Waals surface area contributed by atoms with E-state index in [4.69, 9.17) is 17.0 Å². The van der Waals surface area contributed by atoms with E-state index in [1.165, 1.54) is 0 Å². The fraction of sp³-hybridized carbons (Fsp3) is 0.118. The van der Waals surface area contributed by atoms with Gasteiger partial charge in [-0.3, -0.25) is 25.8 Å². The first kappa shape index (κ1) is 20.3. The average Bonchev–Trinajstić information content (AvgIpc) is 2.59. The molecule has 0 aliphatic heterocycles. The highest BCUT2D eigenvalue weighted by Crippen LogP contribution is 2.21. The molecule has 0 unspecified atom stereocenters. The van der Waals surface area contributed by atoms with Gasteiger partial charge in [0.15, 0.2) is 11.7 Å². The summed E-state index contributed by atoms with van der Waals surface area (Å²) in [5.74, 6) is -0.232. The second-order valence-electron chi connectivity index (χ2n) is 5.13. The van der Waals surface area contributed by atoms with Crippen molar-refractivity contribution in [1.82, 2.24) is 16.2 Å². The van der Waals surface area contributed by atoms with Crippen molar-refractivity contribution in [2.75, 3.05) is 6.61 Å². The minimum absolute atomic E-state index is 0.0288. The van der Waals surface area contributed by atoms with E-state index >= 15 is 0 Å². The number of carbonyl (C=O) groups is 2. The smallest absolute Gasteiger partial charge is 0.276 e. The molecule has 0 saturated heterocycles. The Morgan fingerprint density at radius 1 is 1.12 bits per heavy atom. The lowest BCUT2D eigenvalue weighted by Crippen LogP contribution is -2.49. The van der Waals surface area contributed by atoms with Crippen LogP contribution >= 0.6 is 44.1 Å². The maximum absolute atomic E-state index is 12.1. The molecule has 0 saturated carbocycles. The lowest BCUT2D eigenvalue weighted by atomic mass is 10.2. The maximum Gasteiger partial charge on any atom is 0.276 e. The summed E-state index contributed by atoms with van der Waals surface area (Å²) < 4.78 is 7.01. The normalized spacial score (nSPS) is 9.96. The lowest BCUT2D eigenvalue weighted by molar-refractivity contribution is -0.123. The van der Waals surface area contributed by atoms with Crippen molar-refractivity contribution in [3.63, 3.8) is 0 Å². The molecule has 0 heterocycles. The maximum atomic E-state index is 12.1. The van der Waals surface area contributed by atoms with Crippen molar-refractivity contribution >= 4 is 61.0 Å². The third kappa shape index (κ3) is 6.08. The van der Waals surface area contributed by atoms with E-state index in [1.807, 2.05) is 19.1 Å². The Balaban J connectivity index is 1.77. The van der Waals surface area contributed by atoms with Crippen molar-refractivity contribution in [2.45, 2.75) is 6.92 Å². The largest absolute Gasteiger partial charge is 0.483 e. The first-order valence-electron chi connectivity index (χ1n) is 7.40. The van der Waals surface area contributed by atoms with Gasteiger partial charge in [-0.05, 0) is 71.0 Å². The summed E-state index contributed by atoms with van der Waals surface area (Å²) in [6.07, 6.45) is 0. The molecule has 2 aromatic rings. The van der Waals surface area contributed by atoms with Crippen LogP contribution in [0.15, 0.2) is 51.4 Å². The zero-order chi connectivity index (χ0) is 19.1. The number of hydrogen-bond donors (Lipinski definition) is 3. The van der Waals surface area contributed by atoms with E-state index in [1.54, 1.807) is 30.3 Å². The molecule has 0 atom stereocenters. The Bertz CT molecular complexity index is 846. The molecule has 26 heavy (non-hydrogen) atoms. The highest BCUT2D eigenvalue weighted by molar-refractivity contribution is 9.10. The number of rotatable bonds is 4. The summed E-state index contributed by atoms with van der Waals surface area (Å²) >= 11 is 11.6. The standard InChI is InChI=1S/C17H15Br2N3O3S/c1-10-8-11(18)6-7-14(10)25-9-15(23)21-22-17(26)20-16(24)12-4-2-3-5-13(12)19/h2-8H,9H2,1H3,(H,21,23)(H2,20,22,24,26). The quantitative estimate of drug-likeness (QED) is 0.443. The molecular weight excluding hydrogens is 486 g/mol. The number of benzene rings is 2. The Morgan fingerprint density at radius 2 is 1.85 bits per heavy atom. The van der Waals surface area contributed by atoms with Crippen LogP contribution in [0.4, 0.5) is 0 Å². The van der Waals surface area contributed by atoms with Crippen LogP contribution in [0.3, 0.4) is 0 Å². The topological polar surface area (TPSA) is 79.5 Å². The summed E-state index contributed by atoms with van der Waals surface area (Å²) in [4.78, 5) is 23.9. The van der Waals surface area contributed by atoms with Gasteiger partial charge in [-0.15, -0.1) is 0 Å². The molecular formula is C17H15Br2N3O3S. The molecule has 2 amide bonds. The van der Waals surface area contributed by atoms with Crippen molar-refractivity contribution < 1.29 is 14.3 Å². The van der Waals surface area contributed by atoms with Gasteiger partial charge in [0.2, 0.25) is 0 Å². The number of hydrogen-bond acceptors (Lipinski definition) is 4. The molecule has 2 rings (SSSR count). The fourth-order valence-corrected chi connectivity index (χ4v) is 3.01. The number of nitrogens with one attached hydrogen (secondary N) is 3. The average molecular weight is 501 g/mol. The van der Waals surface area contributed by atoms with Gasteiger partial charge in [-0.1, -0.05) is 28.1 Å². The van der Waals surface area contributed by atoms with E-state index in [9.17, 15) is 9.59 Å². The van der Waals surface area contributed by atoms with Crippen LogP contribution in [0.2, 0.25) is 0 Å². The van der Waals surface area contributed by atoms with Gasteiger partial charge < -0.3 is 4.74 Å². The molecule has 6 nitrogen and oxygen atoms in total. The van der Waals surface area contributed by atoms with Crippen LogP contribution in [0.25, 0.3) is 0 Å². The minimum Gasteiger partial charge on any atom is -0.483 e. The Labute approximate surface area is 172 Å². The number of hydrazine groups is 1. The van der Waals surface area contributed by atoms with E-state index in [0.29, 0.717) is 15.8 Å². The first-order chi connectivity index (χ1) is 12.4. The molecule has 0 fully saturated rings. The summed E-state index contributed by atoms with van der Waals surface area (Å²) in [7, 11) is 0. The number of aryl methyl sites for hydroxylation is 1. The van der Waals surface area contributed by atoms with Crippen LogP contribution in [0.5, 0.6) is 5.75 Å². The van der Waals surface area contributed by atoms with Crippen LogP contribution in [0, 0.1) is 6.92 Å². The zero-order valence-corrected chi connectivity index (χ0v) is 17.6. The second kappa shape index (κ2) is 9.65. The van der Waals surface area contributed by atoms with Crippen LogP contribution < -0.4 is 20.9 Å². The Morgan fingerprint density at radius 3 is 2.54 bits per heavy atom. The molecule has 2 aromatic carbocycles. The summed E-state index contributed by atoms with van der Waals surface area (Å²) in [6.45, 7) is 1.68. The minimum atomic E-state index is -0.440. The van der Waals surface area contributed by atoms with E-state index in [0.717, 1.165) is 10.0 Å². The SMILES string of the molecule is Cc1cc(Br)ccc1OCC(=O)NNC(=S)NC(=O)c1ccccc1Br. The van der Waals surface area contributed by atoms with Crippen molar-refractivity contribution in [3.8, 4) is 5.75 Å². The summed E-state index contributed by atoms with van der Waals surface area (Å²) in [5, 5.41) is 2.44. The van der Waals surface area contributed by atoms with Crippen molar-refractivity contribution in [2.24, 2.45) is 0 Å². The lowest BCUT2D eigenvalue weighted by Gasteiger charge is -2.12. The monoisotopic (exact) mass is 499 g/mol. The number of amides is 2. The van der Waals surface area contributed by atoms with Gasteiger partial charge >= 0.3 is 0 Å². The van der Waals surface area contributed by atoms with Gasteiger partial charge in [0.1, 0.15) is 5.75 Å². The Hall–Kier alpha value is -1.97. The van der Waals surface area contributed by atoms with Crippen molar-refractivity contribution in [1.29, 1.82) is 0 Å². The fourth-order valence-electron chi connectivity index (χ4n) is 1.93. The van der Waals surface area contributed by atoms with Crippen LogP contribution in [0.1, 0.15) is 15.9 Å². The molecule has 136 valence electrons. The summed E-state index contributed by atoms with van der Waals surface area (Å²) in [6, 6.07) is 12.4. The number of carbonyl (C=O) groups excluding carboxylic acids is 2. The molecule has 0 aromatic heterocycles. The highest BCUT2D eigenvalue weighted by atomic mass is 79.9. The van der Waals surface area contributed by atoms with Crippen molar-refractivity contribution in [3.05, 3.63) is 62.5 Å². The van der Waals surface area contributed by atoms with E-state index in [-0.39, 0.29) is 11.7 Å². The molecule has 9 heteroatoms. The van der Waals surface area contributed by atoms with Gasteiger partial charge in [-0.2, -0.15) is 0 Å². The van der Waals surface area contributed by atoms with E-state index < -0.39 is 11.8 Å². The van der Waals surface area contributed by atoms with Gasteiger partial charge in [0, 0.05) is 8.95 Å². The van der Waals surface area contributed by atoms with Crippen LogP contribution in [-0.2, 0) is 4.79 Å². The van der Waals surface area contributed by atoms with Gasteiger partial charge in [0.05, 0.1) is 5.56 Å². The molecule has 3 N–H and O–H groups in total. The van der Waals surface area contributed by atoms with Crippen LogP contribution in [-0.4, -0.2) is 23.5 Å². The third-order valence-electron chi connectivity index (χ3n) is 3.16. The van der Waals surface area contributed by atoms with Gasteiger partial charge in [0.25, 0.3) is 11.8 Å². The molecule has 0 aliphatic carbocycles. The molecule has 0 aliphatic rings. The van der Waals surface area contributed by atoms with E-state index in [2.05, 4.69) is 48.0 Å². The summed E-state index contributed by atoms with van der Waals surface area (Å²) in [5.41, 5.74) is 6.15. The Kier molecular flexibility index (Phi) is 7.55. The molecule has 0 spiro atoms. The first-order valence-corrected chi connectivity index (χ1v) is 9.40.